The molecule has 2 amide bonds. The zero-order valence-corrected chi connectivity index (χ0v) is 13.6. The second-order valence-electron chi connectivity index (χ2n) is 5.17. The molecule has 0 bridgehead atoms. The molecule has 0 saturated carbocycles. The number of nitrogens with two attached hydrogens (primary N) is 1. The standard InChI is InChI=1S/C14H19Cl2N3O3/c15-10-1-2-13(12(16)7-10)22-9-11(20)8-18-3-5-19(6-4-18)14(17)21/h1-2,7,11,20H,3-6,8-9H2,(H2,17,21). The molecule has 122 valence electrons. The van der Waals surface area contributed by atoms with Gasteiger partial charge in [0.25, 0.3) is 0 Å². The average molecular weight is 348 g/mol. The van der Waals surface area contributed by atoms with Crippen molar-refractivity contribution in [1.82, 2.24) is 9.80 Å². The first kappa shape index (κ1) is 17.1. The number of ether oxygens (including phenoxy) is 1. The van der Waals surface area contributed by atoms with Crippen LogP contribution >= 0.6 is 23.2 Å². The number of nitrogens with zero attached hydrogens (tertiary/aromatic N) is 2. The molecule has 22 heavy (non-hydrogen) atoms. The van der Waals surface area contributed by atoms with Gasteiger partial charge in [0, 0.05) is 37.7 Å². The fourth-order valence-corrected chi connectivity index (χ4v) is 2.74. The van der Waals surface area contributed by atoms with Gasteiger partial charge in [-0.2, -0.15) is 0 Å². The molecule has 3 N–H and O–H groups in total. The summed E-state index contributed by atoms with van der Waals surface area (Å²) in [5.74, 6) is 0.490. The third kappa shape index (κ3) is 4.91. The molecule has 8 heteroatoms. The lowest BCUT2D eigenvalue weighted by Crippen LogP contribution is -2.52. The summed E-state index contributed by atoms with van der Waals surface area (Å²) in [6.45, 7) is 3.12. The van der Waals surface area contributed by atoms with Crippen LogP contribution in [-0.2, 0) is 0 Å². The van der Waals surface area contributed by atoms with E-state index in [0.717, 1.165) is 0 Å². The Kier molecular flexibility index (Phi) is 6.14. The number of carbonyl (C=O) groups excluding carboxylic acids is 1. The molecule has 1 heterocycles. The summed E-state index contributed by atoms with van der Waals surface area (Å²) in [4.78, 5) is 14.7. The number of hydrogen-bond acceptors (Lipinski definition) is 4. The summed E-state index contributed by atoms with van der Waals surface area (Å²) >= 11 is 11.8. The van der Waals surface area contributed by atoms with Gasteiger partial charge in [0.2, 0.25) is 0 Å². The number of piperazine rings is 1. The summed E-state index contributed by atoms with van der Waals surface area (Å²) < 4.78 is 5.50. The normalized spacial score (nSPS) is 17.3. The highest BCUT2D eigenvalue weighted by Gasteiger charge is 2.21. The van der Waals surface area contributed by atoms with Gasteiger partial charge in [0.15, 0.2) is 0 Å². The van der Waals surface area contributed by atoms with Crippen molar-refractivity contribution in [3.63, 3.8) is 0 Å². The second kappa shape index (κ2) is 7.87. The van der Waals surface area contributed by atoms with E-state index in [-0.39, 0.29) is 6.61 Å². The van der Waals surface area contributed by atoms with E-state index in [1.807, 2.05) is 0 Å². The fourth-order valence-electron chi connectivity index (χ4n) is 2.28. The van der Waals surface area contributed by atoms with E-state index in [4.69, 9.17) is 33.7 Å². The predicted octanol–water partition coefficient (Wildman–Crippen LogP) is 1.43. The number of urea groups is 1. The Hall–Kier alpha value is -1.21. The Labute approximate surface area is 139 Å². The van der Waals surface area contributed by atoms with Crippen LogP contribution in [0.1, 0.15) is 0 Å². The second-order valence-corrected chi connectivity index (χ2v) is 6.01. The molecule has 2 rings (SSSR count). The van der Waals surface area contributed by atoms with Crippen molar-refractivity contribution in [1.29, 1.82) is 0 Å². The molecule has 1 saturated heterocycles. The van der Waals surface area contributed by atoms with Crippen LogP contribution in [0.25, 0.3) is 0 Å². The monoisotopic (exact) mass is 347 g/mol. The zero-order chi connectivity index (χ0) is 16.1. The predicted molar refractivity (Wildman–Crippen MR) is 85.6 cm³/mol. The molecule has 1 fully saturated rings. The number of hydrogen-bond donors (Lipinski definition) is 2. The number of carbonyl (C=O) groups is 1. The SMILES string of the molecule is NC(=O)N1CCN(CC(O)COc2ccc(Cl)cc2Cl)CC1. The van der Waals surface area contributed by atoms with Crippen LogP contribution in [0, 0.1) is 0 Å². The van der Waals surface area contributed by atoms with Gasteiger partial charge in [0.1, 0.15) is 18.5 Å². The Morgan fingerprint density at radius 2 is 2.00 bits per heavy atom. The molecule has 0 aromatic heterocycles. The highest BCUT2D eigenvalue weighted by atomic mass is 35.5. The third-order valence-corrected chi connectivity index (χ3v) is 4.01. The van der Waals surface area contributed by atoms with Crippen molar-refractivity contribution < 1.29 is 14.6 Å². The van der Waals surface area contributed by atoms with Crippen LogP contribution < -0.4 is 10.5 Å². The number of benzene rings is 1. The molecule has 1 atom stereocenters. The Morgan fingerprint density at radius 1 is 1.32 bits per heavy atom. The van der Waals surface area contributed by atoms with Crippen molar-refractivity contribution >= 4 is 29.2 Å². The lowest BCUT2D eigenvalue weighted by atomic mass is 10.2. The molecular formula is C14H19Cl2N3O3. The molecule has 1 aromatic carbocycles. The van der Waals surface area contributed by atoms with Crippen LogP contribution in [0.5, 0.6) is 5.75 Å². The van der Waals surface area contributed by atoms with Gasteiger partial charge in [-0.3, -0.25) is 4.90 Å². The quantitative estimate of drug-likeness (QED) is 0.844. The van der Waals surface area contributed by atoms with E-state index < -0.39 is 12.1 Å². The minimum absolute atomic E-state index is 0.136. The van der Waals surface area contributed by atoms with Gasteiger partial charge in [0.05, 0.1) is 5.02 Å². The summed E-state index contributed by atoms with van der Waals surface area (Å²) in [5, 5.41) is 11.0. The number of aliphatic hydroxyl groups excluding tert-OH is 1. The van der Waals surface area contributed by atoms with Crippen molar-refractivity contribution in [3.05, 3.63) is 28.2 Å². The van der Waals surface area contributed by atoms with Crippen molar-refractivity contribution in [2.75, 3.05) is 39.3 Å². The molecule has 1 unspecified atom stereocenters. The molecule has 1 aromatic rings. The van der Waals surface area contributed by atoms with Crippen molar-refractivity contribution in [2.24, 2.45) is 5.73 Å². The smallest absolute Gasteiger partial charge is 0.314 e. The van der Waals surface area contributed by atoms with Crippen molar-refractivity contribution in [3.8, 4) is 5.75 Å². The van der Waals surface area contributed by atoms with E-state index in [2.05, 4.69) is 4.90 Å². The van der Waals surface area contributed by atoms with Crippen molar-refractivity contribution in [2.45, 2.75) is 6.10 Å². The molecule has 1 aliphatic heterocycles. The molecule has 0 spiro atoms. The first-order valence-electron chi connectivity index (χ1n) is 6.98. The number of aliphatic hydroxyl groups is 1. The highest BCUT2D eigenvalue weighted by Crippen LogP contribution is 2.27. The number of amides is 2. The summed E-state index contributed by atoms with van der Waals surface area (Å²) in [7, 11) is 0. The van der Waals surface area contributed by atoms with Crippen LogP contribution in [0.15, 0.2) is 18.2 Å². The maximum atomic E-state index is 11.0. The number of halogens is 2. The zero-order valence-electron chi connectivity index (χ0n) is 12.0. The lowest BCUT2D eigenvalue weighted by molar-refractivity contribution is 0.0523. The summed E-state index contributed by atoms with van der Waals surface area (Å²) in [5.41, 5.74) is 5.23. The van der Waals surface area contributed by atoms with E-state index in [0.29, 0.717) is 48.5 Å². The largest absolute Gasteiger partial charge is 0.489 e. The van der Waals surface area contributed by atoms with Crippen LogP contribution in [0.3, 0.4) is 0 Å². The van der Waals surface area contributed by atoms with E-state index in [1.54, 1.807) is 23.1 Å². The highest BCUT2D eigenvalue weighted by molar-refractivity contribution is 6.35. The molecule has 0 radical (unpaired) electrons. The number of primary amides is 1. The van der Waals surface area contributed by atoms with Crippen LogP contribution in [0.4, 0.5) is 4.79 Å². The third-order valence-electron chi connectivity index (χ3n) is 3.48. The Bertz CT molecular complexity index is 522. The van der Waals surface area contributed by atoms with Gasteiger partial charge >= 0.3 is 6.03 Å². The Morgan fingerprint density at radius 3 is 2.59 bits per heavy atom. The number of β-amino-alcohol motifs (C(OH)–C–C–N with tert-alkyl or cyclic N) is 1. The average Bonchev–Trinajstić information content (AvgIpc) is 2.47. The maximum absolute atomic E-state index is 11.0. The molecule has 1 aliphatic rings. The van der Waals surface area contributed by atoms with Crippen LogP contribution in [-0.4, -0.2) is 66.4 Å². The van der Waals surface area contributed by atoms with E-state index in [1.165, 1.54) is 0 Å². The topological polar surface area (TPSA) is 79.0 Å². The first-order valence-corrected chi connectivity index (χ1v) is 7.74. The minimum Gasteiger partial charge on any atom is -0.489 e. The van der Waals surface area contributed by atoms with Gasteiger partial charge in [-0.25, -0.2) is 4.79 Å². The van der Waals surface area contributed by atoms with Gasteiger partial charge in [-0.15, -0.1) is 0 Å². The van der Waals surface area contributed by atoms with Gasteiger partial charge in [-0.1, -0.05) is 23.2 Å². The summed E-state index contributed by atoms with van der Waals surface area (Å²) in [6.07, 6.45) is -0.646. The van der Waals surface area contributed by atoms with Gasteiger partial charge < -0.3 is 20.5 Å². The maximum Gasteiger partial charge on any atom is 0.314 e. The van der Waals surface area contributed by atoms with Crippen LogP contribution in [0.2, 0.25) is 10.0 Å². The first-order chi connectivity index (χ1) is 10.5. The molecule has 6 nitrogen and oxygen atoms in total. The Balaban J connectivity index is 1.74. The number of rotatable bonds is 5. The van der Waals surface area contributed by atoms with E-state index in [9.17, 15) is 9.90 Å². The van der Waals surface area contributed by atoms with E-state index >= 15 is 0 Å². The lowest BCUT2D eigenvalue weighted by Gasteiger charge is -2.34. The molecular weight excluding hydrogens is 329 g/mol. The van der Waals surface area contributed by atoms with Gasteiger partial charge in [-0.05, 0) is 18.2 Å². The fraction of sp³-hybridized carbons (Fsp3) is 0.500. The summed E-state index contributed by atoms with van der Waals surface area (Å²) in [6, 6.07) is 4.54. The minimum atomic E-state index is -0.646. The molecule has 0 aliphatic carbocycles.